The molecule has 2 aromatic rings. The first-order valence-electron chi connectivity index (χ1n) is 18.5. The van der Waals surface area contributed by atoms with E-state index < -0.39 is 74.1 Å². The molecule has 3 N–H and O–H groups in total. The summed E-state index contributed by atoms with van der Waals surface area (Å²) in [5.41, 5.74) is -2.53. The molecule has 14 nitrogen and oxygen atoms in total. The predicted octanol–water partition coefficient (Wildman–Crippen LogP) is 4.28. The lowest BCUT2D eigenvalue weighted by atomic mass is 9.88. The van der Waals surface area contributed by atoms with E-state index in [4.69, 9.17) is 14.2 Å². The predicted molar refractivity (Wildman–Crippen MR) is 196 cm³/mol. The van der Waals surface area contributed by atoms with Gasteiger partial charge in [-0.15, -0.1) is 0 Å². The number of nitrogens with zero attached hydrogens (tertiary/aromatic N) is 2. The lowest BCUT2D eigenvalue weighted by molar-refractivity contribution is -0.142. The second-order valence-electron chi connectivity index (χ2n) is 16.2. The molecular formula is C38H50FN5O9S. The number of sulfonamides is 1. The Bertz CT molecular complexity index is 1950. The van der Waals surface area contributed by atoms with Crippen LogP contribution in [0.2, 0.25) is 0 Å². The van der Waals surface area contributed by atoms with Crippen molar-refractivity contribution in [1.29, 1.82) is 0 Å². The van der Waals surface area contributed by atoms with E-state index in [0.717, 1.165) is 11.8 Å². The van der Waals surface area contributed by atoms with Crippen LogP contribution in [0.3, 0.4) is 0 Å². The number of alkyl halides is 1. The molecule has 0 radical (unpaired) electrons. The average Bonchev–Trinajstić information content (AvgIpc) is 3.97. The number of alkyl carbamates (subject to hydrolysis) is 1. The third kappa shape index (κ3) is 8.27. The molecule has 54 heavy (non-hydrogen) atoms. The van der Waals surface area contributed by atoms with Crippen molar-refractivity contribution in [3.05, 3.63) is 42.6 Å². The molecule has 7 unspecified atom stereocenters. The van der Waals surface area contributed by atoms with Gasteiger partial charge in [0.1, 0.15) is 35.1 Å². The van der Waals surface area contributed by atoms with Gasteiger partial charge in [0.25, 0.3) is 15.9 Å². The second-order valence-corrected chi connectivity index (χ2v) is 18.2. The van der Waals surface area contributed by atoms with Crippen molar-refractivity contribution < 1.29 is 46.2 Å². The zero-order chi connectivity index (χ0) is 39.2. The van der Waals surface area contributed by atoms with Crippen molar-refractivity contribution in [2.24, 2.45) is 17.8 Å². The van der Waals surface area contributed by atoms with Crippen molar-refractivity contribution >= 4 is 44.6 Å². The van der Waals surface area contributed by atoms with Crippen molar-refractivity contribution in [3.63, 3.8) is 0 Å². The SMILES string of the molecule is COc1ccc2c(OC3CC4C(=O)NC5(C(=O)NS(=O)(=O)C6(F)CC6)CC5C=CCCC(C)CC(C)C(NC(=O)OC(C)(C)C)C(=O)N4C3)nccc2c1. The molecule has 6 rings (SSSR count). The summed E-state index contributed by atoms with van der Waals surface area (Å²) in [4.78, 5) is 61.7. The van der Waals surface area contributed by atoms with E-state index in [1.54, 1.807) is 58.4 Å². The van der Waals surface area contributed by atoms with Crippen LogP contribution in [0, 0.1) is 17.8 Å². The number of allylic oxidation sites excluding steroid dienone is 1. The minimum absolute atomic E-state index is 0.0141. The summed E-state index contributed by atoms with van der Waals surface area (Å²) >= 11 is 0. The molecule has 294 valence electrons. The number of amides is 4. The van der Waals surface area contributed by atoms with Gasteiger partial charge in [-0.05, 0) is 87.9 Å². The smallest absolute Gasteiger partial charge is 0.408 e. The quantitative estimate of drug-likeness (QED) is 0.344. The molecule has 2 aliphatic carbocycles. The Morgan fingerprint density at radius 3 is 2.54 bits per heavy atom. The molecule has 7 atom stereocenters. The highest BCUT2D eigenvalue weighted by Crippen LogP contribution is 2.48. The number of fused-ring (bicyclic) bond motifs is 3. The van der Waals surface area contributed by atoms with Gasteiger partial charge in [0.2, 0.25) is 22.7 Å². The van der Waals surface area contributed by atoms with Crippen LogP contribution in [0.15, 0.2) is 42.6 Å². The van der Waals surface area contributed by atoms with E-state index in [1.807, 2.05) is 30.7 Å². The fourth-order valence-corrected chi connectivity index (χ4v) is 8.68. The highest BCUT2D eigenvalue weighted by Gasteiger charge is 2.64. The van der Waals surface area contributed by atoms with Crippen LogP contribution in [0.5, 0.6) is 11.6 Å². The van der Waals surface area contributed by atoms with Gasteiger partial charge >= 0.3 is 6.09 Å². The summed E-state index contributed by atoms with van der Waals surface area (Å²) < 4.78 is 59.5. The number of carbonyl (C=O) groups excluding carboxylic acids is 4. The fourth-order valence-electron chi connectivity index (χ4n) is 7.43. The molecule has 1 aromatic carbocycles. The van der Waals surface area contributed by atoms with E-state index in [-0.39, 0.29) is 49.9 Å². The van der Waals surface area contributed by atoms with Gasteiger partial charge in [-0.2, -0.15) is 0 Å². The number of pyridine rings is 1. The number of aromatic nitrogens is 1. The summed E-state index contributed by atoms with van der Waals surface area (Å²) in [6, 6.07) is 4.91. The number of benzene rings is 1. The molecule has 2 saturated carbocycles. The number of nitrogens with one attached hydrogen (secondary N) is 3. The monoisotopic (exact) mass is 771 g/mol. The number of hydrogen-bond donors (Lipinski definition) is 3. The molecule has 3 heterocycles. The van der Waals surface area contributed by atoms with Crippen molar-refractivity contribution in [1.82, 2.24) is 25.2 Å². The number of carbonyl (C=O) groups is 4. The van der Waals surface area contributed by atoms with Crippen LogP contribution in [-0.2, 0) is 29.1 Å². The van der Waals surface area contributed by atoms with Gasteiger partial charge in [-0.3, -0.25) is 14.4 Å². The number of hydrogen-bond acceptors (Lipinski definition) is 10. The molecule has 0 bridgehead atoms. The van der Waals surface area contributed by atoms with Gasteiger partial charge < -0.3 is 29.7 Å². The minimum Gasteiger partial charge on any atom is -0.497 e. The third-order valence-corrected chi connectivity index (χ3v) is 12.5. The Balaban J connectivity index is 1.35. The summed E-state index contributed by atoms with van der Waals surface area (Å²) in [5, 5.41) is 4.49. The topological polar surface area (TPSA) is 182 Å². The van der Waals surface area contributed by atoms with Crippen LogP contribution >= 0.6 is 0 Å². The maximum atomic E-state index is 14.8. The molecule has 2 aliphatic heterocycles. The summed E-state index contributed by atoms with van der Waals surface area (Å²) in [6.07, 6.45) is 5.21. The van der Waals surface area contributed by atoms with E-state index in [2.05, 4.69) is 15.6 Å². The molecule has 3 fully saturated rings. The normalized spacial score (nSPS) is 29.8. The van der Waals surface area contributed by atoms with Gasteiger partial charge in [0.15, 0.2) is 0 Å². The van der Waals surface area contributed by atoms with Gasteiger partial charge in [-0.1, -0.05) is 26.0 Å². The second kappa shape index (κ2) is 14.6. The molecular weight excluding hydrogens is 722 g/mol. The first-order chi connectivity index (χ1) is 25.3. The highest BCUT2D eigenvalue weighted by molar-refractivity contribution is 7.91. The summed E-state index contributed by atoms with van der Waals surface area (Å²) in [5.74, 6) is -2.22. The molecule has 1 saturated heterocycles. The fraction of sp³-hybridized carbons (Fsp3) is 0.605. The van der Waals surface area contributed by atoms with Crippen LogP contribution in [0.25, 0.3) is 10.8 Å². The highest BCUT2D eigenvalue weighted by atomic mass is 32.2. The summed E-state index contributed by atoms with van der Waals surface area (Å²) in [6.45, 7) is 8.98. The maximum absolute atomic E-state index is 14.8. The number of methoxy groups -OCH3 is 1. The Labute approximate surface area is 315 Å². The Morgan fingerprint density at radius 2 is 1.85 bits per heavy atom. The first kappa shape index (κ1) is 39.2. The largest absolute Gasteiger partial charge is 0.497 e. The van der Waals surface area contributed by atoms with Crippen LogP contribution in [0.1, 0.15) is 79.6 Å². The number of ether oxygens (including phenoxy) is 3. The van der Waals surface area contributed by atoms with Crippen molar-refractivity contribution in [2.75, 3.05) is 13.7 Å². The van der Waals surface area contributed by atoms with Gasteiger partial charge in [-0.25, -0.2) is 27.3 Å². The third-order valence-electron chi connectivity index (χ3n) is 10.7. The van der Waals surface area contributed by atoms with Crippen LogP contribution in [-0.4, -0.2) is 90.1 Å². The van der Waals surface area contributed by atoms with Crippen LogP contribution in [0.4, 0.5) is 9.18 Å². The Kier molecular flexibility index (Phi) is 10.6. The van der Waals surface area contributed by atoms with Gasteiger partial charge in [0.05, 0.1) is 13.7 Å². The molecule has 0 spiro atoms. The lowest BCUT2D eigenvalue weighted by Gasteiger charge is -2.33. The molecule has 16 heteroatoms. The number of rotatable bonds is 7. The van der Waals surface area contributed by atoms with Crippen LogP contribution < -0.4 is 24.8 Å². The minimum atomic E-state index is -4.66. The Hall–Kier alpha value is -4.47. The first-order valence-corrected chi connectivity index (χ1v) is 20.0. The van der Waals surface area contributed by atoms with E-state index in [1.165, 1.54) is 4.90 Å². The van der Waals surface area contributed by atoms with Crippen molar-refractivity contribution in [3.8, 4) is 11.6 Å². The van der Waals surface area contributed by atoms with E-state index in [9.17, 15) is 32.0 Å². The van der Waals surface area contributed by atoms with Crippen molar-refractivity contribution in [2.45, 2.75) is 114 Å². The van der Waals surface area contributed by atoms with Gasteiger partial charge in [0, 0.05) is 36.8 Å². The standard InChI is InChI=1S/C38H50FN5O9S/c1-22-9-7-8-10-25-20-38(25,34(47)43-54(49,50)37(39)14-15-37)42-31(45)29-19-27(52-32-28-12-11-26(51-6)18-24(28)13-16-40-32)21-44(29)33(46)30(23(2)17-22)41-35(48)53-36(3,4)5/h8,10-13,16,18,22-23,25,27,29-30H,7,9,14-15,17,19-21H2,1-6H3,(H,41,48)(H,42,45)(H,43,47). The van der Waals surface area contributed by atoms with E-state index in [0.29, 0.717) is 24.0 Å². The zero-order valence-corrected chi connectivity index (χ0v) is 32.3. The number of halogens is 1. The maximum Gasteiger partial charge on any atom is 0.408 e. The molecule has 4 amide bonds. The molecule has 1 aromatic heterocycles. The molecule has 4 aliphatic rings. The zero-order valence-electron chi connectivity index (χ0n) is 31.5. The Morgan fingerprint density at radius 1 is 1.11 bits per heavy atom. The lowest BCUT2D eigenvalue weighted by Crippen LogP contribution is -2.59. The summed E-state index contributed by atoms with van der Waals surface area (Å²) in [7, 11) is -3.10. The average molecular weight is 772 g/mol. The van der Waals surface area contributed by atoms with E-state index >= 15 is 0 Å².